The van der Waals surface area contributed by atoms with Crippen molar-refractivity contribution in [3.8, 4) is 22.5 Å². The number of carbonyl (C=O) groups excluding carboxylic acids is 1. The van der Waals surface area contributed by atoms with Gasteiger partial charge in [0.2, 0.25) is 5.91 Å². The van der Waals surface area contributed by atoms with Gasteiger partial charge in [0.1, 0.15) is 11.4 Å². The molecule has 7 rings (SSSR count). The second-order valence-corrected chi connectivity index (χ2v) is 14.0. The van der Waals surface area contributed by atoms with E-state index in [1.807, 2.05) is 78.3 Å². The molecule has 0 N–H and O–H groups in total. The molecule has 0 aliphatic carbocycles. The van der Waals surface area contributed by atoms with Gasteiger partial charge in [0.05, 0.1) is 13.0 Å². The van der Waals surface area contributed by atoms with Gasteiger partial charge in [0.15, 0.2) is 5.82 Å². The third-order valence-electron chi connectivity index (χ3n) is 10.3. The van der Waals surface area contributed by atoms with E-state index in [1.54, 1.807) is 18.7 Å². The van der Waals surface area contributed by atoms with Crippen LogP contribution < -0.4 is 5.56 Å². The number of unbranched alkanes of at least 4 members (excludes halogenated alkanes) is 1. The van der Waals surface area contributed by atoms with Crippen LogP contribution in [0.25, 0.3) is 22.5 Å². The molecule has 0 aliphatic heterocycles. The van der Waals surface area contributed by atoms with Crippen LogP contribution in [-0.4, -0.2) is 54.7 Å². The Kier molecular flexibility index (Phi) is 10.9. The summed E-state index contributed by atoms with van der Waals surface area (Å²) in [7, 11) is 3.40. The molecule has 0 saturated carbocycles. The van der Waals surface area contributed by atoms with E-state index >= 15 is 0 Å². The molecular weight excluding hydrogens is 683 g/mol. The van der Waals surface area contributed by atoms with E-state index in [2.05, 4.69) is 84.9 Å². The molecule has 1 amide bonds. The van der Waals surface area contributed by atoms with Gasteiger partial charge >= 0.3 is 0 Å². The van der Waals surface area contributed by atoms with Crippen LogP contribution in [0.2, 0.25) is 0 Å². The number of likely N-dealkylation sites (N-methyl/N-ethyl adjacent to an activating group) is 1. The van der Waals surface area contributed by atoms with Gasteiger partial charge in [-0.05, 0) is 57.2 Å². The van der Waals surface area contributed by atoms with Crippen LogP contribution in [-0.2, 0) is 29.7 Å². The van der Waals surface area contributed by atoms with Gasteiger partial charge in [-0.1, -0.05) is 153 Å². The van der Waals surface area contributed by atoms with Crippen LogP contribution in [0.4, 0.5) is 0 Å². The first kappa shape index (κ1) is 36.9. The highest BCUT2D eigenvalue weighted by Crippen LogP contribution is 2.43. The molecule has 0 atom stereocenters. The Hall–Kier alpha value is -6.48. The van der Waals surface area contributed by atoms with Gasteiger partial charge in [0, 0.05) is 37.3 Å². The zero-order valence-electron chi connectivity index (χ0n) is 31.8. The van der Waals surface area contributed by atoms with Crippen LogP contribution in [0.15, 0.2) is 144 Å². The number of benzene rings is 5. The summed E-state index contributed by atoms with van der Waals surface area (Å²) in [5, 5.41) is 13.8. The second kappa shape index (κ2) is 16.3. The summed E-state index contributed by atoms with van der Waals surface area (Å²) in [4.78, 5) is 33.0. The van der Waals surface area contributed by atoms with Crippen molar-refractivity contribution in [1.82, 2.24) is 34.7 Å². The van der Waals surface area contributed by atoms with Crippen LogP contribution in [0, 0.1) is 6.92 Å². The van der Waals surface area contributed by atoms with E-state index in [0.29, 0.717) is 30.0 Å². The van der Waals surface area contributed by atoms with Crippen LogP contribution in [0.1, 0.15) is 59.1 Å². The molecule has 2 aromatic heterocycles. The Morgan fingerprint density at radius 1 is 0.727 bits per heavy atom. The Morgan fingerprint density at radius 3 is 1.82 bits per heavy atom. The maximum atomic E-state index is 14.0. The molecule has 2 heterocycles. The normalized spacial score (nSPS) is 11.4. The quantitative estimate of drug-likeness (QED) is 0.113. The number of amides is 1. The molecule has 7 aromatic rings. The highest BCUT2D eigenvalue weighted by molar-refractivity contribution is 5.81. The highest BCUT2D eigenvalue weighted by Gasteiger charge is 2.42. The number of tetrazole rings is 1. The molecule has 55 heavy (non-hydrogen) atoms. The highest BCUT2D eigenvalue weighted by atomic mass is 16.2. The third kappa shape index (κ3) is 7.25. The maximum absolute atomic E-state index is 14.0. The average molecular weight is 728 g/mol. The van der Waals surface area contributed by atoms with Crippen molar-refractivity contribution in [3.63, 3.8) is 0 Å². The number of hydrogen-bond donors (Lipinski definition) is 0. The lowest BCUT2D eigenvalue weighted by Crippen LogP contribution is -2.39. The lowest BCUT2D eigenvalue weighted by molar-refractivity contribution is -0.128. The van der Waals surface area contributed by atoms with E-state index in [-0.39, 0.29) is 17.9 Å². The van der Waals surface area contributed by atoms with E-state index < -0.39 is 5.54 Å². The Balaban J connectivity index is 1.31. The number of aromatic nitrogens is 6. The van der Waals surface area contributed by atoms with Crippen molar-refractivity contribution in [2.24, 2.45) is 0 Å². The number of nitrogens with zero attached hydrogens (tertiary/aromatic N) is 7. The third-order valence-corrected chi connectivity index (χ3v) is 10.3. The molecule has 9 heteroatoms. The minimum atomic E-state index is -0.888. The van der Waals surface area contributed by atoms with E-state index in [4.69, 9.17) is 15.3 Å². The van der Waals surface area contributed by atoms with Gasteiger partial charge in [0.25, 0.3) is 5.56 Å². The summed E-state index contributed by atoms with van der Waals surface area (Å²) in [5.74, 6) is 1.23. The topological polar surface area (TPSA) is 98.8 Å². The van der Waals surface area contributed by atoms with E-state index in [0.717, 1.165) is 57.6 Å². The van der Waals surface area contributed by atoms with E-state index in [1.165, 1.54) is 4.90 Å². The van der Waals surface area contributed by atoms with Gasteiger partial charge in [-0.15, -0.1) is 5.10 Å². The first-order chi connectivity index (χ1) is 26.8. The van der Waals surface area contributed by atoms with Crippen molar-refractivity contribution < 1.29 is 4.79 Å². The molecule has 5 aromatic carbocycles. The summed E-state index contributed by atoms with van der Waals surface area (Å²) in [6.45, 7) is 4.30. The fourth-order valence-electron chi connectivity index (χ4n) is 7.35. The van der Waals surface area contributed by atoms with Gasteiger partial charge in [-0.2, -0.15) is 0 Å². The number of carbonyl (C=O) groups is 1. The van der Waals surface area contributed by atoms with Crippen molar-refractivity contribution in [2.45, 2.75) is 51.6 Å². The number of rotatable bonds is 13. The van der Waals surface area contributed by atoms with Crippen LogP contribution in [0.5, 0.6) is 0 Å². The molecular formula is C46H45N7O2. The molecule has 0 aliphatic rings. The minimum Gasteiger partial charge on any atom is -0.349 e. The molecule has 0 bridgehead atoms. The van der Waals surface area contributed by atoms with Gasteiger partial charge in [-0.3, -0.25) is 14.2 Å². The predicted molar refractivity (Wildman–Crippen MR) is 217 cm³/mol. The smallest absolute Gasteiger partial charge is 0.257 e. The first-order valence-electron chi connectivity index (χ1n) is 18.8. The second-order valence-electron chi connectivity index (χ2n) is 14.0. The van der Waals surface area contributed by atoms with Crippen molar-refractivity contribution in [2.75, 3.05) is 14.1 Å². The summed E-state index contributed by atoms with van der Waals surface area (Å²) in [5.41, 5.74) is 6.87. The van der Waals surface area contributed by atoms with Crippen molar-refractivity contribution in [1.29, 1.82) is 0 Å². The maximum Gasteiger partial charge on any atom is 0.257 e. The zero-order valence-corrected chi connectivity index (χ0v) is 31.8. The van der Waals surface area contributed by atoms with E-state index in [9.17, 15) is 9.59 Å². The molecule has 0 unspecified atom stereocenters. The fourth-order valence-corrected chi connectivity index (χ4v) is 7.35. The molecule has 0 radical (unpaired) electrons. The zero-order chi connectivity index (χ0) is 38.4. The first-order valence-corrected chi connectivity index (χ1v) is 18.8. The minimum absolute atomic E-state index is 0.0219. The standard InChI is InChI=1S/C46H45N7O2/c1-5-6-26-42-47-33(2)41(31-43(54)51(3)4)45(55)52(42)32-34-27-29-35(30-28-34)39-24-16-17-25-40(39)44-48-49-50-53(44)46(36-18-10-7-11-19-36,37-20-12-8-13-21-37)38-22-14-9-15-23-38/h7-25,27-30H,5-6,26,31-32H2,1-4H3. The molecule has 9 nitrogen and oxygen atoms in total. The van der Waals surface area contributed by atoms with Crippen LogP contribution in [0.3, 0.4) is 0 Å². The lowest BCUT2D eigenvalue weighted by atomic mass is 9.77. The fraction of sp³-hybridized carbons (Fsp3) is 0.217. The summed E-state index contributed by atoms with van der Waals surface area (Å²) in [6.07, 6.45) is 2.60. The Bertz CT molecular complexity index is 2340. The average Bonchev–Trinajstić information content (AvgIpc) is 3.71. The Morgan fingerprint density at radius 2 is 1.27 bits per heavy atom. The summed E-state index contributed by atoms with van der Waals surface area (Å²) >= 11 is 0. The molecule has 0 spiro atoms. The SMILES string of the molecule is CCCCc1nc(C)c(CC(=O)N(C)C)c(=O)n1Cc1ccc(-c2ccccc2-c2nnnn2C(c2ccccc2)(c2ccccc2)c2ccccc2)cc1. The predicted octanol–water partition coefficient (Wildman–Crippen LogP) is 7.73. The molecule has 0 fully saturated rings. The number of aryl methyl sites for hydroxylation is 2. The molecule has 276 valence electrons. The van der Waals surface area contributed by atoms with Crippen molar-refractivity contribution in [3.05, 3.63) is 189 Å². The summed E-state index contributed by atoms with van der Waals surface area (Å²) < 4.78 is 3.70. The monoisotopic (exact) mass is 727 g/mol. The number of hydrogen-bond acceptors (Lipinski definition) is 6. The lowest BCUT2D eigenvalue weighted by Gasteiger charge is -2.36. The van der Waals surface area contributed by atoms with Gasteiger partial charge in [-0.25, -0.2) is 9.67 Å². The molecule has 0 saturated heterocycles. The van der Waals surface area contributed by atoms with Gasteiger partial charge < -0.3 is 4.90 Å². The summed E-state index contributed by atoms with van der Waals surface area (Å²) in [6, 6.07) is 47.6. The van der Waals surface area contributed by atoms with Crippen LogP contribution >= 0.6 is 0 Å². The Labute approximate surface area is 322 Å². The van der Waals surface area contributed by atoms with Crippen molar-refractivity contribution >= 4 is 5.91 Å². The largest absolute Gasteiger partial charge is 0.349 e.